The zero-order chi connectivity index (χ0) is 13.8. The van der Waals surface area contributed by atoms with Gasteiger partial charge >= 0.3 is 0 Å². The van der Waals surface area contributed by atoms with Gasteiger partial charge in [-0.1, -0.05) is 35.7 Å². The van der Waals surface area contributed by atoms with Crippen LogP contribution in [0, 0.1) is 11.8 Å². The number of hydrogen-bond acceptors (Lipinski definition) is 5. The lowest BCUT2D eigenvalue weighted by Gasteiger charge is -1.96. The van der Waals surface area contributed by atoms with E-state index in [9.17, 15) is 0 Å². The monoisotopic (exact) mass is 316 g/mol. The third-order valence-electron chi connectivity index (χ3n) is 2.67. The molecule has 0 aliphatic rings. The van der Waals surface area contributed by atoms with Crippen LogP contribution < -0.4 is 5.73 Å². The zero-order valence-corrected chi connectivity index (χ0v) is 13.1. The number of aromatic nitrogens is 1. The van der Waals surface area contributed by atoms with E-state index >= 15 is 0 Å². The van der Waals surface area contributed by atoms with Gasteiger partial charge in [-0.2, -0.15) is 0 Å². The predicted molar refractivity (Wildman–Crippen MR) is 89.4 cm³/mol. The molecule has 0 saturated heterocycles. The summed E-state index contributed by atoms with van der Waals surface area (Å²) in [5.74, 6) is 6.94. The number of fused-ring (bicyclic) bond motifs is 1. The van der Waals surface area contributed by atoms with Crippen molar-refractivity contribution < 1.29 is 0 Å². The SMILES string of the molecule is NCC#Cc1ccsc1CSc1nc2ccccc2s1. The van der Waals surface area contributed by atoms with E-state index in [1.54, 1.807) is 34.4 Å². The van der Waals surface area contributed by atoms with Crippen LogP contribution in [-0.4, -0.2) is 11.5 Å². The minimum absolute atomic E-state index is 0.403. The molecule has 0 spiro atoms. The topological polar surface area (TPSA) is 38.9 Å². The molecule has 2 heterocycles. The van der Waals surface area contributed by atoms with E-state index in [4.69, 9.17) is 5.73 Å². The number of thiophene rings is 1. The molecule has 0 aliphatic heterocycles. The normalized spacial score (nSPS) is 10.4. The smallest absolute Gasteiger partial charge is 0.151 e. The van der Waals surface area contributed by atoms with E-state index in [1.807, 2.05) is 6.07 Å². The molecule has 2 aromatic heterocycles. The van der Waals surface area contributed by atoms with Crippen LogP contribution in [0.3, 0.4) is 0 Å². The highest BCUT2D eigenvalue weighted by molar-refractivity contribution is 8.00. The van der Waals surface area contributed by atoms with Crippen LogP contribution in [-0.2, 0) is 5.75 Å². The van der Waals surface area contributed by atoms with Gasteiger partial charge in [0.25, 0.3) is 0 Å². The van der Waals surface area contributed by atoms with Crippen molar-refractivity contribution in [3.63, 3.8) is 0 Å². The third-order valence-corrected chi connectivity index (χ3v) is 5.98. The van der Waals surface area contributed by atoms with Crippen LogP contribution in [0.15, 0.2) is 40.1 Å². The number of para-hydroxylation sites is 1. The van der Waals surface area contributed by atoms with E-state index in [0.29, 0.717) is 6.54 Å². The highest BCUT2D eigenvalue weighted by atomic mass is 32.2. The van der Waals surface area contributed by atoms with Gasteiger partial charge in [0, 0.05) is 16.2 Å². The fourth-order valence-corrected chi connectivity index (χ4v) is 4.77. The second-order valence-corrected chi connectivity index (χ2v) is 7.25. The van der Waals surface area contributed by atoms with Gasteiger partial charge in [-0.25, -0.2) is 4.98 Å². The Labute approximate surface area is 130 Å². The Balaban J connectivity index is 1.74. The van der Waals surface area contributed by atoms with Crippen molar-refractivity contribution in [2.45, 2.75) is 10.1 Å². The minimum atomic E-state index is 0.403. The molecule has 0 amide bonds. The van der Waals surface area contributed by atoms with Crippen molar-refractivity contribution in [2.24, 2.45) is 5.73 Å². The maximum absolute atomic E-state index is 5.42. The Morgan fingerprint density at radius 3 is 3.00 bits per heavy atom. The van der Waals surface area contributed by atoms with Crippen molar-refractivity contribution in [3.8, 4) is 11.8 Å². The summed E-state index contributed by atoms with van der Waals surface area (Å²) in [6, 6.07) is 10.3. The molecule has 1 aromatic carbocycles. The molecule has 0 bridgehead atoms. The second-order valence-electron chi connectivity index (χ2n) is 4.00. The summed E-state index contributed by atoms with van der Waals surface area (Å²) in [5.41, 5.74) is 7.59. The molecule has 20 heavy (non-hydrogen) atoms. The first-order valence-corrected chi connectivity index (χ1v) is 8.78. The molecule has 3 aromatic rings. The average Bonchev–Trinajstić information content (AvgIpc) is 3.08. The number of nitrogens with two attached hydrogens (primary N) is 1. The summed E-state index contributed by atoms with van der Waals surface area (Å²) in [4.78, 5) is 5.92. The molecule has 0 fully saturated rings. The van der Waals surface area contributed by atoms with Gasteiger partial charge < -0.3 is 5.73 Å². The third kappa shape index (κ3) is 3.05. The lowest BCUT2D eigenvalue weighted by Crippen LogP contribution is -1.93. The Kier molecular flexibility index (Phi) is 4.38. The van der Waals surface area contributed by atoms with Crippen LogP contribution in [0.5, 0.6) is 0 Å². The molecule has 2 N–H and O–H groups in total. The number of thiazole rings is 1. The number of benzene rings is 1. The van der Waals surface area contributed by atoms with Gasteiger partial charge in [0.2, 0.25) is 0 Å². The maximum Gasteiger partial charge on any atom is 0.151 e. The maximum atomic E-state index is 5.42. The predicted octanol–water partition coefficient (Wildman–Crippen LogP) is 3.96. The number of hydrogen-bond donors (Lipinski definition) is 1. The first kappa shape index (κ1) is 13.7. The standard InChI is InChI=1S/C15H12N2S3/c16-8-3-4-11-7-9-18-14(11)10-19-15-17-12-5-1-2-6-13(12)20-15/h1-2,5-7,9H,8,10,16H2. The minimum Gasteiger partial charge on any atom is -0.320 e. The van der Waals surface area contributed by atoms with E-state index in [1.165, 1.54) is 9.58 Å². The molecule has 0 aliphatic carbocycles. The Bertz CT molecular complexity index is 744. The summed E-state index contributed by atoms with van der Waals surface area (Å²) in [5, 5.41) is 2.08. The molecule has 5 heteroatoms. The highest BCUT2D eigenvalue weighted by Crippen LogP contribution is 2.33. The van der Waals surface area contributed by atoms with Crippen molar-refractivity contribution in [1.29, 1.82) is 0 Å². The molecule has 0 saturated carbocycles. The molecule has 0 unspecified atom stereocenters. The van der Waals surface area contributed by atoms with Crippen LogP contribution in [0.25, 0.3) is 10.2 Å². The number of thioether (sulfide) groups is 1. The number of rotatable bonds is 3. The molecule has 3 rings (SSSR count). The summed E-state index contributed by atoms with van der Waals surface area (Å²) in [6.45, 7) is 0.403. The first-order valence-electron chi connectivity index (χ1n) is 6.10. The van der Waals surface area contributed by atoms with E-state index in [2.05, 4.69) is 46.5 Å². The van der Waals surface area contributed by atoms with Crippen LogP contribution >= 0.6 is 34.4 Å². The summed E-state index contributed by atoms with van der Waals surface area (Å²) in [6.07, 6.45) is 0. The van der Waals surface area contributed by atoms with Crippen molar-refractivity contribution in [3.05, 3.63) is 46.2 Å². The van der Waals surface area contributed by atoms with Crippen molar-refractivity contribution in [2.75, 3.05) is 6.54 Å². The van der Waals surface area contributed by atoms with E-state index in [0.717, 1.165) is 21.2 Å². The lowest BCUT2D eigenvalue weighted by atomic mass is 10.3. The van der Waals surface area contributed by atoms with Gasteiger partial charge in [0.1, 0.15) is 0 Å². The lowest BCUT2D eigenvalue weighted by molar-refractivity contribution is 1.29. The molecule has 2 nitrogen and oxygen atoms in total. The Morgan fingerprint density at radius 2 is 2.15 bits per heavy atom. The average molecular weight is 316 g/mol. The fraction of sp³-hybridized carbons (Fsp3) is 0.133. The summed E-state index contributed by atoms with van der Waals surface area (Å²) in [7, 11) is 0. The first-order chi connectivity index (χ1) is 9.86. The van der Waals surface area contributed by atoms with E-state index in [-0.39, 0.29) is 0 Å². The van der Waals surface area contributed by atoms with Gasteiger partial charge in [-0.15, -0.1) is 22.7 Å². The van der Waals surface area contributed by atoms with Gasteiger partial charge in [-0.3, -0.25) is 0 Å². The molecule has 0 radical (unpaired) electrons. The van der Waals surface area contributed by atoms with Gasteiger partial charge in [0.05, 0.1) is 16.8 Å². The quantitative estimate of drug-likeness (QED) is 0.587. The van der Waals surface area contributed by atoms with Gasteiger partial charge in [0.15, 0.2) is 4.34 Å². The number of nitrogens with zero attached hydrogens (tertiary/aromatic N) is 1. The Hall–Kier alpha value is -1.32. The largest absolute Gasteiger partial charge is 0.320 e. The van der Waals surface area contributed by atoms with Gasteiger partial charge in [-0.05, 0) is 23.6 Å². The molecular formula is C15H12N2S3. The summed E-state index contributed by atoms with van der Waals surface area (Å²) >= 11 is 5.25. The van der Waals surface area contributed by atoms with Crippen LogP contribution in [0.4, 0.5) is 0 Å². The Morgan fingerprint density at radius 1 is 1.25 bits per heavy atom. The highest BCUT2D eigenvalue weighted by Gasteiger charge is 2.07. The van der Waals surface area contributed by atoms with Crippen LogP contribution in [0.1, 0.15) is 10.4 Å². The summed E-state index contributed by atoms with van der Waals surface area (Å²) < 4.78 is 2.35. The van der Waals surface area contributed by atoms with E-state index < -0.39 is 0 Å². The fourth-order valence-electron chi connectivity index (χ4n) is 1.75. The molecule has 100 valence electrons. The van der Waals surface area contributed by atoms with Crippen molar-refractivity contribution in [1.82, 2.24) is 4.98 Å². The molecular weight excluding hydrogens is 304 g/mol. The van der Waals surface area contributed by atoms with Crippen molar-refractivity contribution >= 4 is 44.7 Å². The zero-order valence-electron chi connectivity index (χ0n) is 10.6. The van der Waals surface area contributed by atoms with Crippen LogP contribution in [0.2, 0.25) is 0 Å². The molecule has 0 atom stereocenters. The second kappa shape index (κ2) is 6.42.